The molecule has 2 heterocycles. The van der Waals surface area contributed by atoms with Gasteiger partial charge in [-0.05, 0) is 43.2 Å². The Hall–Kier alpha value is -2.54. The first-order chi connectivity index (χ1) is 13.7. The molecule has 0 bridgehead atoms. The number of nitrogens with zero attached hydrogens (tertiary/aromatic N) is 1. The van der Waals surface area contributed by atoms with E-state index in [0.29, 0.717) is 36.2 Å². The van der Waals surface area contributed by atoms with E-state index in [1.165, 1.54) is 11.3 Å². The summed E-state index contributed by atoms with van der Waals surface area (Å²) in [7, 11) is 0. The first kappa shape index (κ1) is 21.2. The summed E-state index contributed by atoms with van der Waals surface area (Å²) in [6.45, 7) is 11.6. The molecule has 0 radical (unpaired) electrons. The average Bonchev–Trinajstić information content (AvgIpc) is 3.04. The number of ether oxygens (including phenoxy) is 2. The van der Waals surface area contributed by atoms with Crippen molar-refractivity contribution in [3.63, 3.8) is 0 Å². The van der Waals surface area contributed by atoms with Gasteiger partial charge in [-0.1, -0.05) is 26.8 Å². The molecule has 156 valence electrons. The van der Waals surface area contributed by atoms with Crippen molar-refractivity contribution in [2.75, 3.05) is 25.1 Å². The lowest BCUT2D eigenvalue weighted by Gasteiger charge is -2.23. The van der Waals surface area contributed by atoms with Crippen molar-refractivity contribution in [2.24, 2.45) is 5.41 Å². The minimum Gasteiger partial charge on any atom is -0.486 e. The molecule has 0 saturated heterocycles. The zero-order chi connectivity index (χ0) is 21.2. The Kier molecular flexibility index (Phi) is 6.17. The maximum atomic E-state index is 13.2. The number of anilines is 1. The van der Waals surface area contributed by atoms with Gasteiger partial charge in [-0.15, -0.1) is 11.3 Å². The zero-order valence-corrected chi connectivity index (χ0v) is 18.4. The number of benzene rings is 1. The highest BCUT2D eigenvalue weighted by Gasteiger charge is 2.24. The average molecular weight is 417 g/mol. The van der Waals surface area contributed by atoms with Gasteiger partial charge in [-0.2, -0.15) is 0 Å². The minimum absolute atomic E-state index is 0.0406. The highest BCUT2D eigenvalue weighted by atomic mass is 32.1. The molecule has 2 aromatic rings. The van der Waals surface area contributed by atoms with E-state index in [9.17, 15) is 9.59 Å². The summed E-state index contributed by atoms with van der Waals surface area (Å²) in [5, 5.41) is 3.61. The van der Waals surface area contributed by atoms with Crippen LogP contribution in [0.25, 0.3) is 0 Å². The van der Waals surface area contributed by atoms with E-state index in [1.807, 2.05) is 58.9 Å². The highest BCUT2D eigenvalue weighted by Crippen LogP contribution is 2.32. The van der Waals surface area contributed by atoms with Gasteiger partial charge in [0.05, 0.1) is 9.88 Å². The van der Waals surface area contributed by atoms with Gasteiger partial charge in [0.25, 0.3) is 5.91 Å². The van der Waals surface area contributed by atoms with Crippen LogP contribution in [0.3, 0.4) is 0 Å². The molecule has 1 aromatic carbocycles. The predicted octanol–water partition coefficient (Wildman–Crippen LogP) is 4.47. The maximum Gasteiger partial charge on any atom is 0.264 e. The van der Waals surface area contributed by atoms with Gasteiger partial charge in [0.2, 0.25) is 5.91 Å². The number of rotatable bonds is 5. The van der Waals surface area contributed by atoms with E-state index in [0.717, 1.165) is 22.6 Å². The fourth-order valence-electron chi connectivity index (χ4n) is 2.93. The predicted molar refractivity (Wildman–Crippen MR) is 115 cm³/mol. The van der Waals surface area contributed by atoms with Gasteiger partial charge in [0, 0.05) is 18.5 Å². The van der Waals surface area contributed by atoms with Gasteiger partial charge < -0.3 is 19.7 Å². The highest BCUT2D eigenvalue weighted by molar-refractivity contribution is 7.18. The maximum absolute atomic E-state index is 13.2. The zero-order valence-electron chi connectivity index (χ0n) is 17.6. The first-order valence-electron chi connectivity index (χ1n) is 9.78. The Balaban J connectivity index is 1.75. The van der Waals surface area contributed by atoms with Crippen LogP contribution in [0.4, 0.5) is 5.00 Å². The standard InChI is InChI=1S/C22H28N2O4S/c1-6-24(13-15-7-8-16-17(12-15)28-10-9-27-16)20(25)19-14(2)11-18(29-19)23-21(26)22(3,4)5/h7-8,11-12H,6,9-10,13H2,1-5H3,(H,23,26). The van der Waals surface area contributed by atoms with E-state index in [1.54, 1.807) is 4.90 Å². The Morgan fingerprint density at radius 3 is 2.48 bits per heavy atom. The molecule has 29 heavy (non-hydrogen) atoms. The largest absolute Gasteiger partial charge is 0.486 e. The van der Waals surface area contributed by atoms with Crippen molar-refractivity contribution in [3.8, 4) is 11.5 Å². The van der Waals surface area contributed by atoms with E-state index >= 15 is 0 Å². The molecule has 0 aliphatic carbocycles. The quantitative estimate of drug-likeness (QED) is 0.781. The smallest absolute Gasteiger partial charge is 0.264 e. The number of amides is 2. The van der Waals surface area contributed by atoms with Crippen LogP contribution in [0.15, 0.2) is 24.3 Å². The van der Waals surface area contributed by atoms with Gasteiger partial charge in [-0.25, -0.2) is 0 Å². The van der Waals surface area contributed by atoms with Gasteiger partial charge in [0.15, 0.2) is 11.5 Å². The summed E-state index contributed by atoms with van der Waals surface area (Å²) in [6, 6.07) is 7.64. The molecule has 6 nitrogen and oxygen atoms in total. The fraction of sp³-hybridized carbons (Fsp3) is 0.455. The lowest BCUT2D eigenvalue weighted by atomic mass is 9.96. The number of fused-ring (bicyclic) bond motifs is 1. The molecular formula is C22H28N2O4S. The molecule has 0 fully saturated rings. The fourth-order valence-corrected chi connectivity index (χ4v) is 3.97. The Labute approximate surface area is 175 Å². The van der Waals surface area contributed by atoms with E-state index < -0.39 is 5.41 Å². The number of nitrogens with one attached hydrogen (secondary N) is 1. The first-order valence-corrected chi connectivity index (χ1v) is 10.6. The SMILES string of the molecule is CCN(Cc1ccc2c(c1)OCCO2)C(=O)c1sc(NC(=O)C(C)(C)C)cc1C. The van der Waals surface area contributed by atoms with Crippen LogP contribution >= 0.6 is 11.3 Å². The van der Waals surface area contributed by atoms with Crippen LogP contribution in [0.2, 0.25) is 0 Å². The van der Waals surface area contributed by atoms with Crippen molar-refractivity contribution < 1.29 is 19.1 Å². The summed E-state index contributed by atoms with van der Waals surface area (Å²) < 4.78 is 11.2. The van der Waals surface area contributed by atoms with Gasteiger partial charge >= 0.3 is 0 Å². The summed E-state index contributed by atoms with van der Waals surface area (Å²) >= 11 is 1.32. The second kappa shape index (κ2) is 8.45. The molecule has 1 N–H and O–H groups in total. The van der Waals surface area contributed by atoms with Crippen LogP contribution in [0.1, 0.15) is 48.5 Å². The molecule has 0 unspecified atom stereocenters. The van der Waals surface area contributed by atoms with E-state index in [2.05, 4.69) is 5.32 Å². The normalized spacial score (nSPS) is 13.1. The lowest BCUT2D eigenvalue weighted by molar-refractivity contribution is -0.123. The number of hydrogen-bond donors (Lipinski definition) is 1. The number of hydrogen-bond acceptors (Lipinski definition) is 5. The van der Waals surface area contributed by atoms with Gasteiger partial charge in [-0.3, -0.25) is 9.59 Å². The molecular weight excluding hydrogens is 388 g/mol. The minimum atomic E-state index is -0.490. The number of thiophene rings is 1. The summed E-state index contributed by atoms with van der Waals surface area (Å²) in [4.78, 5) is 27.8. The molecule has 0 atom stereocenters. The Bertz CT molecular complexity index is 914. The van der Waals surface area contributed by atoms with Crippen molar-refractivity contribution in [3.05, 3.63) is 40.3 Å². The molecule has 1 aliphatic rings. The van der Waals surface area contributed by atoms with Gasteiger partial charge in [0.1, 0.15) is 13.2 Å². The second-order valence-corrected chi connectivity index (χ2v) is 9.18. The summed E-state index contributed by atoms with van der Waals surface area (Å²) in [5.74, 6) is 1.35. The molecule has 3 rings (SSSR count). The van der Waals surface area contributed by atoms with E-state index in [4.69, 9.17) is 9.47 Å². The topological polar surface area (TPSA) is 67.9 Å². The van der Waals surface area contributed by atoms with Crippen molar-refractivity contribution in [1.29, 1.82) is 0 Å². The van der Waals surface area contributed by atoms with E-state index in [-0.39, 0.29) is 11.8 Å². The monoisotopic (exact) mass is 416 g/mol. The molecule has 2 amide bonds. The van der Waals surface area contributed by atoms with Crippen LogP contribution in [0.5, 0.6) is 11.5 Å². The van der Waals surface area contributed by atoms with Crippen LogP contribution in [-0.4, -0.2) is 36.5 Å². The second-order valence-electron chi connectivity index (χ2n) is 8.12. The third-order valence-corrected chi connectivity index (χ3v) is 5.82. The third kappa shape index (κ3) is 4.90. The molecule has 0 spiro atoms. The molecule has 0 saturated carbocycles. The number of carbonyl (C=O) groups is 2. The number of aryl methyl sites for hydroxylation is 1. The van der Waals surface area contributed by atoms with Crippen molar-refractivity contribution in [1.82, 2.24) is 4.90 Å². The Morgan fingerprint density at radius 2 is 1.83 bits per heavy atom. The summed E-state index contributed by atoms with van der Waals surface area (Å²) in [5.41, 5.74) is 1.36. The third-order valence-electron chi connectivity index (χ3n) is 4.68. The molecule has 1 aliphatic heterocycles. The molecule has 7 heteroatoms. The van der Waals surface area contributed by atoms with Crippen LogP contribution < -0.4 is 14.8 Å². The lowest BCUT2D eigenvalue weighted by Crippen LogP contribution is -2.30. The van der Waals surface area contributed by atoms with Crippen LogP contribution in [-0.2, 0) is 11.3 Å². The number of carbonyl (C=O) groups excluding carboxylic acids is 2. The van der Waals surface area contributed by atoms with Crippen molar-refractivity contribution >= 4 is 28.2 Å². The Morgan fingerprint density at radius 1 is 1.14 bits per heavy atom. The van der Waals surface area contributed by atoms with Crippen molar-refractivity contribution in [2.45, 2.75) is 41.2 Å². The van der Waals surface area contributed by atoms with Crippen LogP contribution in [0, 0.1) is 12.3 Å². The molecule has 1 aromatic heterocycles. The summed E-state index contributed by atoms with van der Waals surface area (Å²) in [6.07, 6.45) is 0.